The molecule has 2 aromatic heterocycles. The molecule has 0 aliphatic heterocycles. The van der Waals surface area contributed by atoms with E-state index in [4.69, 9.17) is 0 Å². The Kier molecular flexibility index (Phi) is 3.46. The predicted molar refractivity (Wildman–Crippen MR) is 71.7 cm³/mol. The summed E-state index contributed by atoms with van der Waals surface area (Å²) in [7, 11) is 0. The topological polar surface area (TPSA) is 85.9 Å². The van der Waals surface area contributed by atoms with Crippen molar-refractivity contribution in [2.75, 3.05) is 11.9 Å². The third-order valence-electron chi connectivity index (χ3n) is 2.89. The Hall–Kier alpha value is -2.44. The zero-order chi connectivity index (χ0) is 14.0. The van der Waals surface area contributed by atoms with Crippen LogP contribution in [0.25, 0.3) is 5.82 Å². The standard InChI is InChI=1S/C12H15N5O2/c1-4-13-11-6-5-10(17(18)19)12(15-11)16-7-14-8(2)9(16)3/h5-7H,4H2,1-3H3,(H,13,15). The molecule has 0 unspecified atom stereocenters. The number of hydrogen-bond acceptors (Lipinski definition) is 5. The Morgan fingerprint density at radius 2 is 2.16 bits per heavy atom. The number of imidazole rings is 1. The summed E-state index contributed by atoms with van der Waals surface area (Å²) in [5.41, 5.74) is 1.62. The molecule has 0 aromatic carbocycles. The van der Waals surface area contributed by atoms with E-state index in [9.17, 15) is 10.1 Å². The molecule has 0 atom stereocenters. The van der Waals surface area contributed by atoms with Gasteiger partial charge in [0.15, 0.2) is 0 Å². The average Bonchev–Trinajstić information content (AvgIpc) is 2.70. The summed E-state index contributed by atoms with van der Waals surface area (Å²) in [6.07, 6.45) is 1.55. The zero-order valence-corrected chi connectivity index (χ0v) is 11.0. The Morgan fingerprint density at radius 1 is 1.42 bits per heavy atom. The lowest BCUT2D eigenvalue weighted by molar-refractivity contribution is -0.384. The lowest BCUT2D eigenvalue weighted by Gasteiger charge is -2.08. The van der Waals surface area contributed by atoms with E-state index in [1.165, 1.54) is 6.07 Å². The van der Waals surface area contributed by atoms with Gasteiger partial charge in [0, 0.05) is 18.3 Å². The van der Waals surface area contributed by atoms with Crippen LogP contribution in [0.5, 0.6) is 0 Å². The molecule has 0 bridgehead atoms. The highest BCUT2D eigenvalue weighted by Crippen LogP contribution is 2.24. The Balaban J connectivity index is 2.61. The predicted octanol–water partition coefficient (Wildman–Crippen LogP) is 2.22. The van der Waals surface area contributed by atoms with E-state index in [-0.39, 0.29) is 11.5 Å². The lowest BCUT2D eigenvalue weighted by atomic mass is 10.3. The van der Waals surface area contributed by atoms with Crippen LogP contribution >= 0.6 is 0 Å². The smallest absolute Gasteiger partial charge is 0.312 e. The fraction of sp³-hybridized carbons (Fsp3) is 0.333. The number of anilines is 1. The molecule has 2 aromatic rings. The van der Waals surface area contributed by atoms with Crippen LogP contribution in [0, 0.1) is 24.0 Å². The average molecular weight is 261 g/mol. The molecule has 1 N–H and O–H groups in total. The molecule has 19 heavy (non-hydrogen) atoms. The minimum Gasteiger partial charge on any atom is -0.370 e. The van der Waals surface area contributed by atoms with E-state index in [0.29, 0.717) is 12.4 Å². The van der Waals surface area contributed by atoms with E-state index in [0.717, 1.165) is 11.4 Å². The van der Waals surface area contributed by atoms with Crippen molar-refractivity contribution in [3.8, 4) is 5.82 Å². The van der Waals surface area contributed by atoms with Gasteiger partial charge in [-0.15, -0.1) is 0 Å². The van der Waals surface area contributed by atoms with Gasteiger partial charge in [0.1, 0.15) is 12.1 Å². The van der Waals surface area contributed by atoms with Crippen molar-refractivity contribution in [3.63, 3.8) is 0 Å². The monoisotopic (exact) mass is 261 g/mol. The molecule has 7 heteroatoms. The number of nitro groups is 1. The van der Waals surface area contributed by atoms with Gasteiger partial charge in [0.2, 0.25) is 5.82 Å². The second-order valence-electron chi connectivity index (χ2n) is 4.11. The first-order valence-electron chi connectivity index (χ1n) is 5.94. The Bertz CT molecular complexity index is 621. The van der Waals surface area contributed by atoms with Crippen LogP contribution in [0.4, 0.5) is 11.5 Å². The molecule has 0 amide bonds. The summed E-state index contributed by atoms with van der Waals surface area (Å²) >= 11 is 0. The third kappa shape index (κ3) is 2.40. The highest BCUT2D eigenvalue weighted by atomic mass is 16.6. The molecule has 0 saturated carbocycles. The van der Waals surface area contributed by atoms with Crippen molar-refractivity contribution < 1.29 is 4.92 Å². The van der Waals surface area contributed by atoms with Crippen LogP contribution in [-0.2, 0) is 0 Å². The molecule has 2 heterocycles. The lowest BCUT2D eigenvalue weighted by Crippen LogP contribution is -2.07. The molecule has 0 aliphatic carbocycles. The molecule has 7 nitrogen and oxygen atoms in total. The minimum atomic E-state index is -0.438. The summed E-state index contributed by atoms with van der Waals surface area (Å²) in [5, 5.41) is 14.1. The molecular weight excluding hydrogens is 246 g/mol. The second-order valence-corrected chi connectivity index (χ2v) is 4.11. The quantitative estimate of drug-likeness (QED) is 0.673. The Labute approximate surface area is 110 Å². The maximum atomic E-state index is 11.1. The molecule has 0 saturated heterocycles. The van der Waals surface area contributed by atoms with Gasteiger partial charge in [-0.1, -0.05) is 0 Å². The van der Waals surface area contributed by atoms with Gasteiger partial charge >= 0.3 is 5.69 Å². The first kappa shape index (κ1) is 13.0. The van der Waals surface area contributed by atoms with Crippen molar-refractivity contribution in [3.05, 3.63) is 40.0 Å². The van der Waals surface area contributed by atoms with E-state index in [1.54, 1.807) is 17.0 Å². The van der Waals surface area contributed by atoms with Crippen LogP contribution in [0.2, 0.25) is 0 Å². The number of nitrogens with zero attached hydrogens (tertiary/aromatic N) is 4. The molecule has 0 radical (unpaired) electrons. The van der Waals surface area contributed by atoms with Crippen LogP contribution in [-0.4, -0.2) is 26.0 Å². The largest absolute Gasteiger partial charge is 0.370 e. The van der Waals surface area contributed by atoms with Gasteiger partial charge in [-0.25, -0.2) is 9.97 Å². The highest BCUT2D eigenvalue weighted by Gasteiger charge is 2.19. The Morgan fingerprint density at radius 3 is 2.68 bits per heavy atom. The molecule has 0 fully saturated rings. The van der Waals surface area contributed by atoms with Crippen LogP contribution in [0.15, 0.2) is 18.5 Å². The maximum absolute atomic E-state index is 11.1. The molecule has 2 rings (SSSR count). The number of pyridine rings is 1. The summed E-state index contributed by atoms with van der Waals surface area (Å²) in [6, 6.07) is 3.05. The fourth-order valence-electron chi connectivity index (χ4n) is 1.75. The van der Waals surface area contributed by atoms with E-state index >= 15 is 0 Å². The van der Waals surface area contributed by atoms with Crippen molar-refractivity contribution in [2.24, 2.45) is 0 Å². The fourth-order valence-corrected chi connectivity index (χ4v) is 1.75. The number of rotatable bonds is 4. The summed E-state index contributed by atoms with van der Waals surface area (Å²) < 4.78 is 1.63. The summed E-state index contributed by atoms with van der Waals surface area (Å²) in [6.45, 7) is 6.35. The van der Waals surface area contributed by atoms with Gasteiger partial charge < -0.3 is 5.32 Å². The van der Waals surface area contributed by atoms with Gasteiger partial charge in [-0.3, -0.25) is 14.7 Å². The highest BCUT2D eigenvalue weighted by molar-refractivity contribution is 5.54. The van der Waals surface area contributed by atoms with Crippen molar-refractivity contribution in [1.82, 2.24) is 14.5 Å². The van der Waals surface area contributed by atoms with Crippen LogP contribution < -0.4 is 5.32 Å². The minimum absolute atomic E-state index is 0.0397. The van der Waals surface area contributed by atoms with Crippen molar-refractivity contribution in [2.45, 2.75) is 20.8 Å². The SMILES string of the molecule is CCNc1ccc([N+](=O)[O-])c(-n2cnc(C)c2C)n1. The number of nitrogens with one attached hydrogen (secondary N) is 1. The first-order valence-corrected chi connectivity index (χ1v) is 5.94. The van der Waals surface area contributed by atoms with Gasteiger partial charge in [0.25, 0.3) is 0 Å². The summed E-state index contributed by atoms with van der Waals surface area (Å²) in [4.78, 5) is 19.1. The maximum Gasteiger partial charge on any atom is 0.312 e. The van der Waals surface area contributed by atoms with E-state index in [2.05, 4.69) is 15.3 Å². The van der Waals surface area contributed by atoms with E-state index < -0.39 is 4.92 Å². The first-order chi connectivity index (χ1) is 9.04. The van der Waals surface area contributed by atoms with Gasteiger partial charge in [0.05, 0.1) is 10.6 Å². The zero-order valence-electron chi connectivity index (χ0n) is 11.0. The second kappa shape index (κ2) is 5.05. The molecule has 0 aliphatic rings. The number of aromatic nitrogens is 3. The molecule has 100 valence electrons. The molecule has 0 spiro atoms. The third-order valence-corrected chi connectivity index (χ3v) is 2.89. The number of aryl methyl sites for hydroxylation is 1. The van der Waals surface area contributed by atoms with Gasteiger partial charge in [-0.05, 0) is 26.8 Å². The number of hydrogen-bond donors (Lipinski definition) is 1. The summed E-state index contributed by atoms with van der Waals surface area (Å²) in [5.74, 6) is 0.885. The normalized spacial score (nSPS) is 10.5. The van der Waals surface area contributed by atoms with Crippen LogP contribution in [0.1, 0.15) is 18.3 Å². The van der Waals surface area contributed by atoms with Crippen LogP contribution in [0.3, 0.4) is 0 Å². The van der Waals surface area contributed by atoms with Crippen molar-refractivity contribution >= 4 is 11.5 Å². The van der Waals surface area contributed by atoms with Crippen molar-refractivity contribution in [1.29, 1.82) is 0 Å². The molecular formula is C12H15N5O2. The van der Waals surface area contributed by atoms with Gasteiger partial charge in [-0.2, -0.15) is 0 Å². The van der Waals surface area contributed by atoms with E-state index in [1.807, 2.05) is 20.8 Å².